The van der Waals surface area contributed by atoms with Crippen molar-refractivity contribution in [2.24, 2.45) is 0 Å². The van der Waals surface area contributed by atoms with E-state index < -0.39 is 5.60 Å². The first-order valence-electron chi connectivity index (χ1n) is 4.96. The maximum atomic E-state index is 9.95. The van der Waals surface area contributed by atoms with Crippen molar-refractivity contribution in [2.75, 3.05) is 0 Å². The number of rotatable bonds is 2. The molecule has 0 aliphatic heterocycles. The van der Waals surface area contributed by atoms with Crippen LogP contribution in [0.3, 0.4) is 0 Å². The molecule has 14 heavy (non-hydrogen) atoms. The lowest BCUT2D eigenvalue weighted by atomic mass is 9.96. The van der Waals surface area contributed by atoms with Gasteiger partial charge in [-0.1, -0.05) is 27.7 Å². The number of aliphatic hydroxyl groups is 1. The Balaban J connectivity index is 3.00. The molecule has 0 aliphatic carbocycles. The normalized spacial score (nSPS) is 16.7. The average molecular weight is 197 g/mol. The SMILES string of the molecule is CCC(C)(O)c1coc(C(C)(C)C)n1. The van der Waals surface area contributed by atoms with E-state index in [4.69, 9.17) is 4.42 Å². The largest absolute Gasteiger partial charge is 0.448 e. The number of oxazole rings is 1. The highest BCUT2D eigenvalue weighted by Gasteiger charge is 2.28. The number of hydrogen-bond acceptors (Lipinski definition) is 3. The second kappa shape index (κ2) is 3.39. The summed E-state index contributed by atoms with van der Waals surface area (Å²) in [5.74, 6) is 0.668. The van der Waals surface area contributed by atoms with Crippen LogP contribution in [0.4, 0.5) is 0 Å². The Morgan fingerprint density at radius 1 is 1.36 bits per heavy atom. The molecule has 0 fully saturated rings. The molecule has 1 heterocycles. The van der Waals surface area contributed by atoms with Gasteiger partial charge in [0.25, 0.3) is 0 Å². The van der Waals surface area contributed by atoms with Gasteiger partial charge in [-0.3, -0.25) is 0 Å². The van der Waals surface area contributed by atoms with Gasteiger partial charge in [0.15, 0.2) is 5.89 Å². The molecule has 1 aromatic rings. The summed E-state index contributed by atoms with van der Waals surface area (Å²) in [5, 5.41) is 9.95. The van der Waals surface area contributed by atoms with Gasteiger partial charge in [-0.2, -0.15) is 0 Å². The molecule has 0 aromatic carbocycles. The predicted molar refractivity (Wildman–Crippen MR) is 55.1 cm³/mol. The van der Waals surface area contributed by atoms with Crippen LogP contribution < -0.4 is 0 Å². The molecule has 1 rings (SSSR count). The van der Waals surface area contributed by atoms with Crippen LogP contribution in [0.1, 0.15) is 52.6 Å². The van der Waals surface area contributed by atoms with Crippen LogP contribution >= 0.6 is 0 Å². The maximum absolute atomic E-state index is 9.95. The first kappa shape index (κ1) is 11.2. The summed E-state index contributed by atoms with van der Waals surface area (Å²) in [7, 11) is 0. The van der Waals surface area contributed by atoms with E-state index in [0.717, 1.165) is 0 Å². The molecule has 0 spiro atoms. The van der Waals surface area contributed by atoms with Gasteiger partial charge < -0.3 is 9.52 Å². The summed E-state index contributed by atoms with van der Waals surface area (Å²) in [6.45, 7) is 9.76. The maximum Gasteiger partial charge on any atom is 0.199 e. The average Bonchev–Trinajstić information content (AvgIpc) is 2.51. The lowest BCUT2D eigenvalue weighted by Gasteiger charge is -2.17. The Kier molecular flexibility index (Phi) is 2.72. The molecule has 3 heteroatoms. The van der Waals surface area contributed by atoms with Crippen LogP contribution in [-0.4, -0.2) is 10.1 Å². The minimum Gasteiger partial charge on any atom is -0.448 e. The van der Waals surface area contributed by atoms with Crippen molar-refractivity contribution in [2.45, 2.75) is 52.1 Å². The van der Waals surface area contributed by atoms with Crippen LogP contribution in [0.2, 0.25) is 0 Å². The number of hydrogen-bond donors (Lipinski definition) is 1. The number of aromatic nitrogens is 1. The molecule has 0 saturated carbocycles. The molecule has 0 saturated heterocycles. The Bertz CT molecular complexity index is 307. The van der Waals surface area contributed by atoms with Crippen molar-refractivity contribution in [1.29, 1.82) is 0 Å². The predicted octanol–water partition coefficient (Wildman–Crippen LogP) is 2.59. The highest BCUT2D eigenvalue weighted by atomic mass is 16.3. The Hall–Kier alpha value is -0.830. The van der Waals surface area contributed by atoms with Crippen molar-refractivity contribution >= 4 is 0 Å². The van der Waals surface area contributed by atoms with Crippen LogP contribution in [0.5, 0.6) is 0 Å². The van der Waals surface area contributed by atoms with E-state index >= 15 is 0 Å². The third kappa shape index (κ3) is 2.15. The monoisotopic (exact) mass is 197 g/mol. The zero-order chi connectivity index (χ0) is 11.0. The number of nitrogens with zero attached hydrogens (tertiary/aromatic N) is 1. The summed E-state index contributed by atoms with van der Waals surface area (Å²) in [4.78, 5) is 4.31. The second-order valence-electron chi connectivity index (χ2n) is 4.92. The van der Waals surface area contributed by atoms with Gasteiger partial charge in [-0.15, -0.1) is 0 Å². The molecule has 80 valence electrons. The first-order valence-corrected chi connectivity index (χ1v) is 4.96. The standard InChI is InChI=1S/C11H19NO2/c1-6-11(5,13)8-7-14-9(12-8)10(2,3)4/h7,13H,6H2,1-5H3. The Labute approximate surface area is 85.2 Å². The minimum atomic E-state index is -0.882. The van der Waals surface area contributed by atoms with E-state index in [2.05, 4.69) is 4.98 Å². The summed E-state index contributed by atoms with van der Waals surface area (Å²) in [5.41, 5.74) is -0.375. The Morgan fingerprint density at radius 3 is 2.29 bits per heavy atom. The first-order chi connectivity index (χ1) is 6.27. The quantitative estimate of drug-likeness (QED) is 0.792. The van der Waals surface area contributed by atoms with Crippen molar-refractivity contribution in [3.8, 4) is 0 Å². The van der Waals surface area contributed by atoms with Crippen LogP contribution in [0.25, 0.3) is 0 Å². The van der Waals surface area contributed by atoms with Crippen molar-refractivity contribution in [1.82, 2.24) is 4.98 Å². The third-order valence-corrected chi connectivity index (χ3v) is 2.39. The van der Waals surface area contributed by atoms with Gasteiger partial charge in [0.05, 0.1) is 0 Å². The van der Waals surface area contributed by atoms with E-state index in [-0.39, 0.29) is 5.41 Å². The highest BCUT2D eigenvalue weighted by Crippen LogP contribution is 2.27. The van der Waals surface area contributed by atoms with Crippen molar-refractivity contribution in [3.63, 3.8) is 0 Å². The smallest absolute Gasteiger partial charge is 0.199 e. The fraction of sp³-hybridized carbons (Fsp3) is 0.727. The van der Waals surface area contributed by atoms with Gasteiger partial charge in [0, 0.05) is 5.41 Å². The second-order valence-corrected chi connectivity index (χ2v) is 4.92. The molecule has 1 atom stereocenters. The van der Waals surface area contributed by atoms with Gasteiger partial charge >= 0.3 is 0 Å². The van der Waals surface area contributed by atoms with Gasteiger partial charge in [-0.05, 0) is 13.3 Å². The lowest BCUT2D eigenvalue weighted by molar-refractivity contribution is 0.0484. The zero-order valence-electron chi connectivity index (χ0n) is 9.59. The molecule has 3 nitrogen and oxygen atoms in total. The highest BCUT2D eigenvalue weighted by molar-refractivity contribution is 5.10. The van der Waals surface area contributed by atoms with Gasteiger partial charge in [0.1, 0.15) is 17.6 Å². The Morgan fingerprint density at radius 2 is 1.93 bits per heavy atom. The van der Waals surface area contributed by atoms with E-state index in [1.807, 2.05) is 27.7 Å². The molecule has 1 N–H and O–H groups in total. The molecule has 0 aliphatic rings. The summed E-state index contributed by atoms with van der Waals surface area (Å²) >= 11 is 0. The third-order valence-electron chi connectivity index (χ3n) is 2.39. The van der Waals surface area contributed by atoms with Crippen molar-refractivity contribution in [3.05, 3.63) is 17.8 Å². The van der Waals surface area contributed by atoms with E-state index in [1.165, 1.54) is 0 Å². The minimum absolute atomic E-state index is 0.109. The zero-order valence-corrected chi connectivity index (χ0v) is 9.59. The van der Waals surface area contributed by atoms with E-state index in [0.29, 0.717) is 18.0 Å². The molecular formula is C11H19NO2. The van der Waals surface area contributed by atoms with Crippen LogP contribution in [-0.2, 0) is 11.0 Å². The lowest BCUT2D eigenvalue weighted by Crippen LogP contribution is -2.21. The molecule has 0 bridgehead atoms. The van der Waals surface area contributed by atoms with Gasteiger partial charge in [-0.25, -0.2) is 4.98 Å². The van der Waals surface area contributed by atoms with Crippen molar-refractivity contribution < 1.29 is 9.52 Å². The van der Waals surface area contributed by atoms with E-state index in [9.17, 15) is 5.11 Å². The molecule has 0 amide bonds. The molecule has 0 radical (unpaired) electrons. The fourth-order valence-electron chi connectivity index (χ4n) is 1.05. The molecule has 1 aromatic heterocycles. The topological polar surface area (TPSA) is 46.3 Å². The molecular weight excluding hydrogens is 178 g/mol. The fourth-order valence-corrected chi connectivity index (χ4v) is 1.05. The summed E-state index contributed by atoms with van der Waals surface area (Å²) < 4.78 is 5.35. The summed E-state index contributed by atoms with van der Waals surface area (Å²) in [6.07, 6.45) is 2.17. The molecule has 1 unspecified atom stereocenters. The summed E-state index contributed by atoms with van der Waals surface area (Å²) in [6, 6.07) is 0. The van der Waals surface area contributed by atoms with Crippen LogP contribution in [0.15, 0.2) is 10.7 Å². The van der Waals surface area contributed by atoms with E-state index in [1.54, 1.807) is 13.2 Å². The van der Waals surface area contributed by atoms with Crippen LogP contribution in [0, 0.1) is 0 Å². The van der Waals surface area contributed by atoms with Gasteiger partial charge in [0.2, 0.25) is 0 Å².